The number of nitrogens with two attached hydrogens (primary N) is 1. The monoisotopic (exact) mass is 224 g/mol. The summed E-state index contributed by atoms with van der Waals surface area (Å²) >= 11 is 0. The van der Waals surface area contributed by atoms with Gasteiger partial charge in [-0.25, -0.2) is 0 Å². The summed E-state index contributed by atoms with van der Waals surface area (Å²) in [6, 6.07) is 1.85. The van der Waals surface area contributed by atoms with Crippen molar-refractivity contribution in [2.45, 2.75) is 38.8 Å². The predicted octanol–water partition coefficient (Wildman–Crippen LogP) is 0.517. The number of nitrogens with one attached hydrogen (secondary N) is 1. The normalized spacial score (nSPS) is 11.4. The lowest BCUT2D eigenvalue weighted by molar-refractivity contribution is -0.126. The van der Waals surface area contributed by atoms with E-state index in [-0.39, 0.29) is 5.91 Å². The summed E-state index contributed by atoms with van der Waals surface area (Å²) in [7, 11) is 0. The van der Waals surface area contributed by atoms with Crippen molar-refractivity contribution in [1.29, 1.82) is 0 Å². The van der Waals surface area contributed by atoms with Gasteiger partial charge >= 0.3 is 0 Å². The molecule has 0 unspecified atom stereocenters. The molecule has 0 aliphatic heterocycles. The van der Waals surface area contributed by atoms with Crippen LogP contribution in [0.2, 0.25) is 0 Å². The van der Waals surface area contributed by atoms with Crippen LogP contribution in [0.1, 0.15) is 26.7 Å². The molecule has 5 nitrogen and oxygen atoms in total. The Bertz CT molecular complexity index is 317. The lowest BCUT2D eigenvalue weighted by Gasteiger charge is -2.25. The van der Waals surface area contributed by atoms with Gasteiger partial charge in [-0.05, 0) is 18.9 Å². The topological polar surface area (TPSA) is 72.9 Å². The van der Waals surface area contributed by atoms with E-state index < -0.39 is 5.54 Å². The van der Waals surface area contributed by atoms with Gasteiger partial charge in [0.15, 0.2) is 0 Å². The lowest BCUT2D eigenvalue weighted by Crippen LogP contribution is -2.53. The van der Waals surface area contributed by atoms with Gasteiger partial charge < -0.3 is 11.1 Å². The molecule has 16 heavy (non-hydrogen) atoms. The number of amides is 1. The van der Waals surface area contributed by atoms with Crippen molar-refractivity contribution in [3.05, 3.63) is 18.5 Å². The van der Waals surface area contributed by atoms with Gasteiger partial charge in [0, 0.05) is 18.9 Å². The average Bonchev–Trinajstić information content (AvgIpc) is 2.80. The summed E-state index contributed by atoms with van der Waals surface area (Å²) in [4.78, 5) is 11.8. The number of hydrogen-bond acceptors (Lipinski definition) is 3. The maximum atomic E-state index is 11.8. The molecule has 0 fully saturated rings. The van der Waals surface area contributed by atoms with Crippen LogP contribution in [0.25, 0.3) is 0 Å². The van der Waals surface area contributed by atoms with Crippen LogP contribution >= 0.6 is 0 Å². The minimum atomic E-state index is -0.732. The first-order valence-electron chi connectivity index (χ1n) is 5.67. The summed E-state index contributed by atoms with van der Waals surface area (Å²) in [5, 5.41) is 6.89. The van der Waals surface area contributed by atoms with Gasteiger partial charge in [-0.15, -0.1) is 0 Å². The van der Waals surface area contributed by atoms with E-state index in [4.69, 9.17) is 5.73 Å². The minimum absolute atomic E-state index is 0.0790. The Kier molecular flexibility index (Phi) is 4.49. The molecule has 0 saturated carbocycles. The number of nitrogens with zero attached hydrogens (tertiary/aromatic N) is 2. The molecule has 5 heteroatoms. The molecule has 0 aromatic carbocycles. The van der Waals surface area contributed by atoms with Crippen LogP contribution < -0.4 is 11.1 Å². The molecule has 3 N–H and O–H groups in total. The van der Waals surface area contributed by atoms with E-state index in [9.17, 15) is 4.79 Å². The molecule has 0 atom stereocenters. The number of hydrogen-bond donors (Lipinski definition) is 2. The third-order valence-electron chi connectivity index (χ3n) is 2.90. The van der Waals surface area contributed by atoms with E-state index in [1.54, 1.807) is 10.9 Å². The molecule has 0 saturated heterocycles. The molecular weight excluding hydrogens is 204 g/mol. The summed E-state index contributed by atoms with van der Waals surface area (Å²) in [5.41, 5.74) is 5.23. The molecule has 1 aromatic rings. The van der Waals surface area contributed by atoms with Crippen LogP contribution in [0.5, 0.6) is 0 Å². The zero-order valence-corrected chi connectivity index (χ0v) is 9.94. The van der Waals surface area contributed by atoms with E-state index in [0.29, 0.717) is 25.9 Å². The van der Waals surface area contributed by atoms with Gasteiger partial charge in [0.2, 0.25) is 5.91 Å². The third-order valence-corrected chi connectivity index (χ3v) is 2.90. The van der Waals surface area contributed by atoms with Crippen molar-refractivity contribution in [1.82, 2.24) is 15.1 Å². The van der Waals surface area contributed by atoms with Gasteiger partial charge in [-0.3, -0.25) is 9.48 Å². The quantitative estimate of drug-likeness (QED) is 0.739. The van der Waals surface area contributed by atoms with Crippen LogP contribution in [-0.4, -0.2) is 27.8 Å². The Labute approximate surface area is 96.0 Å². The van der Waals surface area contributed by atoms with Gasteiger partial charge in [-0.1, -0.05) is 13.8 Å². The molecule has 0 spiro atoms. The van der Waals surface area contributed by atoms with Crippen molar-refractivity contribution < 1.29 is 4.79 Å². The van der Waals surface area contributed by atoms with Crippen LogP contribution in [0.3, 0.4) is 0 Å². The van der Waals surface area contributed by atoms with E-state index >= 15 is 0 Å². The first-order chi connectivity index (χ1) is 7.62. The van der Waals surface area contributed by atoms with Crippen molar-refractivity contribution in [2.24, 2.45) is 5.73 Å². The number of rotatable bonds is 6. The van der Waals surface area contributed by atoms with Crippen LogP contribution in [0.4, 0.5) is 0 Å². The third kappa shape index (κ3) is 3.06. The number of aromatic nitrogens is 2. The van der Waals surface area contributed by atoms with E-state index in [1.165, 1.54) is 0 Å². The maximum Gasteiger partial charge on any atom is 0.240 e. The van der Waals surface area contributed by atoms with Gasteiger partial charge in [0.1, 0.15) is 0 Å². The summed E-state index contributed by atoms with van der Waals surface area (Å²) in [5.74, 6) is -0.0790. The first kappa shape index (κ1) is 12.7. The van der Waals surface area contributed by atoms with Crippen molar-refractivity contribution in [2.75, 3.05) is 6.54 Å². The van der Waals surface area contributed by atoms with E-state index in [0.717, 1.165) is 0 Å². The molecule has 0 aliphatic rings. The van der Waals surface area contributed by atoms with E-state index in [2.05, 4.69) is 10.4 Å². The second kappa shape index (κ2) is 5.65. The summed E-state index contributed by atoms with van der Waals surface area (Å²) < 4.78 is 1.77. The molecule has 0 radical (unpaired) electrons. The van der Waals surface area contributed by atoms with Crippen molar-refractivity contribution in [3.63, 3.8) is 0 Å². The molecular formula is C11H20N4O. The Balaban J connectivity index is 2.35. The Hall–Kier alpha value is -1.36. The molecule has 0 bridgehead atoms. The highest BCUT2D eigenvalue weighted by atomic mass is 16.2. The lowest BCUT2D eigenvalue weighted by atomic mass is 9.93. The van der Waals surface area contributed by atoms with Crippen LogP contribution in [0, 0.1) is 0 Å². The minimum Gasteiger partial charge on any atom is -0.353 e. The molecule has 1 amide bonds. The highest BCUT2D eigenvalue weighted by molar-refractivity contribution is 5.85. The smallest absolute Gasteiger partial charge is 0.240 e. The van der Waals surface area contributed by atoms with Gasteiger partial charge in [0.05, 0.1) is 12.1 Å². The fourth-order valence-corrected chi connectivity index (χ4v) is 1.46. The van der Waals surface area contributed by atoms with Gasteiger partial charge in [-0.2, -0.15) is 5.10 Å². The molecule has 1 heterocycles. The highest BCUT2D eigenvalue weighted by Gasteiger charge is 2.29. The molecule has 90 valence electrons. The zero-order chi connectivity index (χ0) is 12.0. The molecule has 1 rings (SSSR count). The van der Waals surface area contributed by atoms with Crippen molar-refractivity contribution in [3.8, 4) is 0 Å². The largest absolute Gasteiger partial charge is 0.353 e. The maximum absolute atomic E-state index is 11.8. The molecule has 0 aliphatic carbocycles. The van der Waals surface area contributed by atoms with Crippen LogP contribution in [0.15, 0.2) is 18.5 Å². The first-order valence-corrected chi connectivity index (χ1v) is 5.67. The second-order valence-electron chi connectivity index (χ2n) is 3.89. The Morgan fingerprint density at radius 1 is 1.50 bits per heavy atom. The highest BCUT2D eigenvalue weighted by Crippen LogP contribution is 2.10. The van der Waals surface area contributed by atoms with Gasteiger partial charge in [0.25, 0.3) is 0 Å². The average molecular weight is 224 g/mol. The summed E-state index contributed by atoms with van der Waals surface area (Å²) in [6.07, 6.45) is 4.88. The van der Waals surface area contributed by atoms with E-state index in [1.807, 2.05) is 26.1 Å². The Morgan fingerprint density at radius 3 is 2.69 bits per heavy atom. The molecule has 1 aromatic heterocycles. The zero-order valence-electron chi connectivity index (χ0n) is 9.94. The fourth-order valence-electron chi connectivity index (χ4n) is 1.46. The van der Waals surface area contributed by atoms with Crippen molar-refractivity contribution >= 4 is 5.91 Å². The number of carbonyl (C=O) groups is 1. The predicted molar refractivity (Wildman–Crippen MR) is 62.7 cm³/mol. The standard InChI is InChI=1S/C11H20N4O/c1-3-11(12,4-2)10(16)13-7-9-15-8-5-6-14-15/h5-6,8H,3-4,7,9,12H2,1-2H3,(H,13,16). The van der Waals surface area contributed by atoms with Crippen LogP contribution in [-0.2, 0) is 11.3 Å². The SMILES string of the molecule is CCC(N)(CC)C(=O)NCCn1cccn1. The second-order valence-corrected chi connectivity index (χ2v) is 3.89. The Morgan fingerprint density at radius 2 is 2.19 bits per heavy atom. The fraction of sp³-hybridized carbons (Fsp3) is 0.636. The number of carbonyl (C=O) groups excluding carboxylic acids is 1. The summed E-state index contributed by atoms with van der Waals surface area (Å²) in [6.45, 7) is 5.08.